The standard InChI is InChI=1S/C25H23F4N5O2/c1-25(2,3)15-4-6-17(7-5-15)36-14-33-9-8-21(32-33)24(35)31-16-11-30-34(12-16)13-18-19(26)10-20(27)23(29)22(18)28/h4-12H,13-14H2,1-3H3,(H,31,35). The van der Waals surface area contributed by atoms with E-state index >= 15 is 0 Å². The molecule has 36 heavy (non-hydrogen) atoms. The van der Waals surface area contributed by atoms with E-state index in [1.165, 1.54) is 28.7 Å². The molecule has 4 rings (SSSR count). The Morgan fingerprint density at radius 2 is 1.72 bits per heavy atom. The minimum atomic E-state index is -1.77. The van der Waals surface area contributed by atoms with Crippen LogP contribution in [0.15, 0.2) is 55.0 Å². The fourth-order valence-electron chi connectivity index (χ4n) is 3.37. The number of nitrogens with one attached hydrogen (secondary N) is 1. The number of hydrogen-bond donors (Lipinski definition) is 1. The van der Waals surface area contributed by atoms with Gasteiger partial charge in [0.2, 0.25) is 0 Å². The third kappa shape index (κ3) is 5.56. The molecule has 0 aliphatic heterocycles. The molecule has 0 saturated carbocycles. The fourth-order valence-corrected chi connectivity index (χ4v) is 3.37. The van der Waals surface area contributed by atoms with Gasteiger partial charge < -0.3 is 10.1 Å². The van der Waals surface area contributed by atoms with Crippen molar-refractivity contribution >= 4 is 11.6 Å². The molecule has 188 valence electrons. The highest BCUT2D eigenvalue weighted by molar-refractivity contribution is 6.02. The van der Waals surface area contributed by atoms with Gasteiger partial charge in [-0.1, -0.05) is 32.9 Å². The Morgan fingerprint density at radius 3 is 2.42 bits per heavy atom. The number of aromatic nitrogens is 4. The van der Waals surface area contributed by atoms with E-state index in [1.54, 1.807) is 6.20 Å². The Hall–Kier alpha value is -4.15. The van der Waals surface area contributed by atoms with E-state index in [2.05, 4.69) is 36.3 Å². The summed E-state index contributed by atoms with van der Waals surface area (Å²) in [4.78, 5) is 12.5. The smallest absolute Gasteiger partial charge is 0.276 e. The van der Waals surface area contributed by atoms with Crippen LogP contribution in [0.4, 0.5) is 23.2 Å². The number of halogens is 4. The minimum absolute atomic E-state index is 0.0323. The van der Waals surface area contributed by atoms with Gasteiger partial charge in [0, 0.05) is 24.0 Å². The van der Waals surface area contributed by atoms with E-state index < -0.39 is 41.3 Å². The first kappa shape index (κ1) is 25.0. The molecule has 4 aromatic rings. The zero-order chi connectivity index (χ0) is 26.0. The second-order valence-corrected chi connectivity index (χ2v) is 9.12. The van der Waals surface area contributed by atoms with Crippen LogP contribution >= 0.6 is 0 Å². The summed E-state index contributed by atoms with van der Waals surface area (Å²) in [6.45, 7) is 5.95. The molecular weight excluding hydrogens is 478 g/mol. The molecule has 0 spiro atoms. The van der Waals surface area contributed by atoms with Crippen LogP contribution in [0.1, 0.15) is 42.4 Å². The van der Waals surface area contributed by atoms with E-state index in [-0.39, 0.29) is 29.6 Å². The van der Waals surface area contributed by atoms with Gasteiger partial charge in [-0.3, -0.25) is 9.48 Å². The summed E-state index contributed by atoms with van der Waals surface area (Å²) >= 11 is 0. The lowest BCUT2D eigenvalue weighted by Crippen LogP contribution is -2.14. The number of amides is 1. The number of hydrogen-bond acceptors (Lipinski definition) is 4. The Morgan fingerprint density at radius 1 is 1.00 bits per heavy atom. The van der Waals surface area contributed by atoms with E-state index in [1.807, 2.05) is 24.3 Å². The van der Waals surface area contributed by atoms with Gasteiger partial charge in [0.15, 0.2) is 29.9 Å². The number of carbonyl (C=O) groups excluding carboxylic acids is 1. The number of anilines is 1. The van der Waals surface area contributed by atoms with Gasteiger partial charge in [0.05, 0.1) is 18.4 Å². The highest BCUT2D eigenvalue weighted by atomic mass is 19.2. The molecule has 0 bridgehead atoms. The zero-order valence-electron chi connectivity index (χ0n) is 19.7. The lowest BCUT2D eigenvalue weighted by atomic mass is 9.87. The van der Waals surface area contributed by atoms with Gasteiger partial charge >= 0.3 is 0 Å². The van der Waals surface area contributed by atoms with Crippen molar-refractivity contribution in [3.63, 3.8) is 0 Å². The Bertz CT molecular complexity index is 1390. The number of carbonyl (C=O) groups is 1. The number of nitrogens with zero attached hydrogens (tertiary/aromatic N) is 4. The van der Waals surface area contributed by atoms with Crippen LogP contribution in [0.5, 0.6) is 5.75 Å². The number of rotatable bonds is 7. The summed E-state index contributed by atoms with van der Waals surface area (Å²) in [5, 5.41) is 10.6. The zero-order valence-corrected chi connectivity index (χ0v) is 19.7. The average molecular weight is 501 g/mol. The molecule has 2 heterocycles. The summed E-state index contributed by atoms with van der Waals surface area (Å²) < 4.78 is 62.6. The Labute approximate surface area is 204 Å². The normalized spacial score (nSPS) is 11.5. The van der Waals surface area contributed by atoms with Crippen molar-refractivity contribution in [1.82, 2.24) is 19.6 Å². The third-order valence-electron chi connectivity index (χ3n) is 5.38. The van der Waals surface area contributed by atoms with Crippen LogP contribution in [0.3, 0.4) is 0 Å². The highest BCUT2D eigenvalue weighted by Crippen LogP contribution is 2.24. The summed E-state index contributed by atoms with van der Waals surface area (Å²) in [5.41, 5.74) is 0.836. The summed E-state index contributed by atoms with van der Waals surface area (Å²) in [6, 6.07) is 9.49. The third-order valence-corrected chi connectivity index (χ3v) is 5.38. The quantitative estimate of drug-likeness (QED) is 0.213. The first-order valence-corrected chi connectivity index (χ1v) is 10.9. The summed E-state index contributed by atoms with van der Waals surface area (Å²) in [5.74, 6) is -6.16. The average Bonchev–Trinajstić information content (AvgIpc) is 3.48. The van der Waals surface area contributed by atoms with E-state index in [4.69, 9.17) is 4.74 Å². The molecule has 0 radical (unpaired) electrons. The Balaban J connectivity index is 1.35. The van der Waals surface area contributed by atoms with E-state index in [9.17, 15) is 22.4 Å². The summed E-state index contributed by atoms with van der Waals surface area (Å²) in [7, 11) is 0. The molecule has 0 unspecified atom stereocenters. The van der Waals surface area contributed by atoms with Crippen LogP contribution in [-0.2, 0) is 18.7 Å². The molecule has 1 amide bonds. The molecule has 0 aliphatic rings. The molecule has 1 N–H and O–H groups in total. The van der Waals surface area contributed by atoms with Crippen LogP contribution in [-0.4, -0.2) is 25.5 Å². The number of benzene rings is 2. The van der Waals surface area contributed by atoms with Crippen molar-refractivity contribution in [1.29, 1.82) is 0 Å². The van der Waals surface area contributed by atoms with Crippen LogP contribution in [0.25, 0.3) is 0 Å². The molecule has 7 nitrogen and oxygen atoms in total. The van der Waals surface area contributed by atoms with Crippen molar-refractivity contribution in [2.24, 2.45) is 0 Å². The second-order valence-electron chi connectivity index (χ2n) is 9.12. The monoisotopic (exact) mass is 501 g/mol. The SMILES string of the molecule is CC(C)(C)c1ccc(OCn2ccc(C(=O)Nc3cnn(Cc4c(F)cc(F)c(F)c4F)c3)n2)cc1. The van der Waals surface area contributed by atoms with Crippen molar-refractivity contribution in [3.05, 3.63) is 95.1 Å². The Kier molecular flexibility index (Phi) is 6.82. The van der Waals surface area contributed by atoms with Crippen LogP contribution < -0.4 is 10.1 Å². The second kappa shape index (κ2) is 9.84. The predicted molar refractivity (Wildman–Crippen MR) is 124 cm³/mol. The number of ether oxygens (including phenoxy) is 1. The van der Waals surface area contributed by atoms with Crippen molar-refractivity contribution in [3.8, 4) is 5.75 Å². The predicted octanol–water partition coefficient (Wildman–Crippen LogP) is 5.27. The maximum Gasteiger partial charge on any atom is 0.276 e. The van der Waals surface area contributed by atoms with Crippen molar-refractivity contribution in [2.45, 2.75) is 39.5 Å². The molecule has 11 heteroatoms. The lowest BCUT2D eigenvalue weighted by Gasteiger charge is -2.19. The fraction of sp³-hybridized carbons (Fsp3) is 0.240. The topological polar surface area (TPSA) is 74.0 Å². The lowest BCUT2D eigenvalue weighted by molar-refractivity contribution is 0.102. The molecule has 2 aromatic heterocycles. The maximum absolute atomic E-state index is 13.9. The first-order chi connectivity index (χ1) is 17.0. The first-order valence-electron chi connectivity index (χ1n) is 10.9. The molecule has 0 saturated heterocycles. The minimum Gasteiger partial charge on any atom is -0.471 e. The van der Waals surface area contributed by atoms with E-state index in [0.29, 0.717) is 5.75 Å². The van der Waals surface area contributed by atoms with Gasteiger partial charge in [-0.15, -0.1) is 0 Å². The van der Waals surface area contributed by atoms with Gasteiger partial charge in [0.25, 0.3) is 5.91 Å². The largest absolute Gasteiger partial charge is 0.471 e. The molecular formula is C25H23F4N5O2. The maximum atomic E-state index is 13.9. The summed E-state index contributed by atoms with van der Waals surface area (Å²) in [6.07, 6.45) is 4.12. The molecule has 0 aliphatic carbocycles. The molecule has 0 atom stereocenters. The highest BCUT2D eigenvalue weighted by Gasteiger charge is 2.20. The van der Waals surface area contributed by atoms with Crippen LogP contribution in [0, 0.1) is 23.3 Å². The van der Waals surface area contributed by atoms with Gasteiger partial charge in [-0.2, -0.15) is 10.2 Å². The molecule has 2 aromatic carbocycles. The molecule has 0 fully saturated rings. The van der Waals surface area contributed by atoms with Gasteiger partial charge in [-0.05, 0) is 29.2 Å². The van der Waals surface area contributed by atoms with Crippen molar-refractivity contribution < 1.29 is 27.1 Å². The van der Waals surface area contributed by atoms with E-state index in [0.717, 1.165) is 4.68 Å². The van der Waals surface area contributed by atoms with Crippen LogP contribution in [0.2, 0.25) is 0 Å². The van der Waals surface area contributed by atoms with Gasteiger partial charge in [0.1, 0.15) is 11.6 Å². The van der Waals surface area contributed by atoms with Gasteiger partial charge in [-0.25, -0.2) is 22.2 Å². The van der Waals surface area contributed by atoms with Crippen molar-refractivity contribution in [2.75, 3.05) is 5.32 Å².